The molecule has 2 aromatic carbocycles. The van der Waals surface area contributed by atoms with Gasteiger partial charge in [-0.1, -0.05) is 37.6 Å². The number of carbonyl (C=O) groups is 1. The minimum absolute atomic E-state index is 0.0535. The van der Waals surface area contributed by atoms with E-state index in [0.29, 0.717) is 31.9 Å². The molecule has 43 heavy (non-hydrogen) atoms. The summed E-state index contributed by atoms with van der Waals surface area (Å²) < 4.78 is 13.0. The van der Waals surface area contributed by atoms with Crippen LogP contribution in [0.4, 0.5) is 16.6 Å². The van der Waals surface area contributed by atoms with E-state index in [1.165, 1.54) is 7.11 Å². The van der Waals surface area contributed by atoms with Crippen molar-refractivity contribution in [2.24, 2.45) is 0 Å². The van der Waals surface area contributed by atoms with Crippen molar-refractivity contribution in [1.29, 1.82) is 0 Å². The molecule has 11 nitrogen and oxygen atoms in total. The van der Waals surface area contributed by atoms with E-state index >= 15 is 0 Å². The first-order valence-corrected chi connectivity index (χ1v) is 15.1. The van der Waals surface area contributed by atoms with E-state index < -0.39 is 0 Å². The normalized spacial score (nSPS) is 16.0. The molecule has 1 amide bonds. The number of likely N-dealkylation sites (tertiary alicyclic amines) is 1. The zero-order valence-corrected chi connectivity index (χ0v) is 25.3. The van der Waals surface area contributed by atoms with Crippen molar-refractivity contribution < 1.29 is 19.4 Å². The Bertz CT molecular complexity index is 1550. The molecule has 0 radical (unpaired) electrons. The highest BCUT2D eigenvalue weighted by Gasteiger charge is 2.24. The number of nitrogens with two attached hydrogens (primary N) is 1. The summed E-state index contributed by atoms with van der Waals surface area (Å²) >= 11 is 0. The van der Waals surface area contributed by atoms with Crippen molar-refractivity contribution >= 4 is 39.8 Å². The molecule has 1 saturated heterocycles. The number of ether oxygens (including phenoxy) is 2. The summed E-state index contributed by atoms with van der Waals surface area (Å²) in [5, 5.41) is 17.9. The first-order chi connectivity index (χ1) is 20.9. The molecule has 0 saturated carbocycles. The third-order valence-electron chi connectivity index (χ3n) is 8.20. The fourth-order valence-corrected chi connectivity index (χ4v) is 6.13. The van der Waals surface area contributed by atoms with Crippen molar-refractivity contribution in [3.63, 3.8) is 0 Å². The summed E-state index contributed by atoms with van der Waals surface area (Å²) in [5.74, 6) is 1.66. The van der Waals surface area contributed by atoms with Crippen LogP contribution >= 0.6 is 0 Å². The van der Waals surface area contributed by atoms with Crippen LogP contribution in [0, 0.1) is 0 Å². The second-order valence-corrected chi connectivity index (χ2v) is 11.2. The Balaban J connectivity index is 1.48. The van der Waals surface area contributed by atoms with E-state index in [9.17, 15) is 9.90 Å². The van der Waals surface area contributed by atoms with Gasteiger partial charge >= 0.3 is 6.09 Å². The highest BCUT2D eigenvalue weighted by molar-refractivity contribution is 6.09. The average molecular weight is 590 g/mol. The number of methoxy groups -OCH3 is 2. The molecule has 230 valence electrons. The van der Waals surface area contributed by atoms with Crippen LogP contribution in [-0.4, -0.2) is 76.6 Å². The third-order valence-corrected chi connectivity index (χ3v) is 8.20. The van der Waals surface area contributed by atoms with Crippen LogP contribution in [0.1, 0.15) is 50.2 Å². The maximum absolute atomic E-state index is 12.0. The van der Waals surface area contributed by atoms with Crippen molar-refractivity contribution in [3.8, 4) is 5.75 Å². The highest BCUT2D eigenvalue weighted by Crippen LogP contribution is 2.35. The van der Waals surface area contributed by atoms with Crippen LogP contribution in [0.2, 0.25) is 0 Å². The predicted octanol–water partition coefficient (Wildman–Crippen LogP) is 4.51. The number of benzene rings is 2. The number of aliphatic hydroxyl groups is 1. The van der Waals surface area contributed by atoms with Crippen molar-refractivity contribution in [1.82, 2.24) is 24.8 Å². The topological polar surface area (TPSA) is 140 Å². The molecule has 2 atom stereocenters. The molecule has 3 heterocycles. The summed E-state index contributed by atoms with van der Waals surface area (Å²) in [5.41, 5.74) is 11.0. The van der Waals surface area contributed by atoms with E-state index in [1.54, 1.807) is 12.0 Å². The Morgan fingerprint density at radius 1 is 1.19 bits per heavy atom. The smallest absolute Gasteiger partial charge is 0.409 e. The Labute approximate surface area is 252 Å². The number of nitrogen functional groups attached to an aromatic ring is 1. The van der Waals surface area contributed by atoms with E-state index in [-0.39, 0.29) is 30.7 Å². The third kappa shape index (κ3) is 6.78. The monoisotopic (exact) mass is 589 g/mol. The van der Waals surface area contributed by atoms with Gasteiger partial charge in [0.25, 0.3) is 0 Å². The molecule has 5 rings (SSSR count). The number of nitrogens with one attached hydrogen (secondary N) is 2. The molecular weight excluding hydrogens is 546 g/mol. The Morgan fingerprint density at radius 3 is 2.79 bits per heavy atom. The lowest BCUT2D eigenvalue weighted by molar-refractivity contribution is 0.107. The van der Waals surface area contributed by atoms with Gasteiger partial charge in [0.1, 0.15) is 16.8 Å². The minimum Gasteiger partial charge on any atom is -0.496 e. The number of aliphatic hydroxyl groups excluding tert-OH is 1. The lowest BCUT2D eigenvalue weighted by atomic mass is 10.0. The zero-order valence-electron chi connectivity index (χ0n) is 25.3. The molecule has 2 aromatic heterocycles. The van der Waals surface area contributed by atoms with Gasteiger partial charge in [-0.2, -0.15) is 4.98 Å². The number of hydrogen-bond donors (Lipinski definition) is 4. The number of carbonyl (C=O) groups excluding carboxylic acids is 1. The van der Waals surface area contributed by atoms with Gasteiger partial charge in [-0.15, -0.1) is 0 Å². The first kappa shape index (κ1) is 30.4. The molecule has 4 aromatic rings. The number of anilines is 2. The maximum Gasteiger partial charge on any atom is 0.409 e. The largest absolute Gasteiger partial charge is 0.496 e. The van der Waals surface area contributed by atoms with Crippen molar-refractivity contribution in [2.75, 3.05) is 45.0 Å². The fourth-order valence-electron chi connectivity index (χ4n) is 6.13. The highest BCUT2D eigenvalue weighted by atomic mass is 16.5. The molecule has 0 spiro atoms. The van der Waals surface area contributed by atoms with Gasteiger partial charge in [-0.25, -0.2) is 9.78 Å². The van der Waals surface area contributed by atoms with E-state index in [4.69, 9.17) is 15.2 Å². The molecule has 0 bridgehead atoms. The molecule has 1 aliphatic heterocycles. The number of amides is 1. The van der Waals surface area contributed by atoms with Crippen LogP contribution < -0.4 is 21.1 Å². The molecule has 1 aliphatic rings. The zero-order chi connectivity index (χ0) is 30.3. The van der Waals surface area contributed by atoms with E-state index in [2.05, 4.69) is 56.4 Å². The van der Waals surface area contributed by atoms with Crippen molar-refractivity contribution in [2.45, 2.75) is 64.2 Å². The van der Waals surface area contributed by atoms with Gasteiger partial charge in [0.15, 0.2) is 5.82 Å². The lowest BCUT2D eigenvalue weighted by Crippen LogP contribution is -2.47. The minimum atomic E-state index is -0.277. The second kappa shape index (κ2) is 13.9. The van der Waals surface area contributed by atoms with Crippen LogP contribution in [0.25, 0.3) is 21.9 Å². The van der Waals surface area contributed by atoms with Crippen LogP contribution in [0.15, 0.2) is 42.5 Å². The number of rotatable bonds is 12. The van der Waals surface area contributed by atoms with Crippen LogP contribution in [0.5, 0.6) is 5.75 Å². The molecular formula is C32H43N7O4. The maximum atomic E-state index is 12.0. The summed E-state index contributed by atoms with van der Waals surface area (Å²) in [6.07, 6.45) is 4.15. The molecule has 11 heteroatoms. The summed E-state index contributed by atoms with van der Waals surface area (Å²) in [4.78, 5) is 23.1. The van der Waals surface area contributed by atoms with E-state index in [0.717, 1.165) is 71.0 Å². The summed E-state index contributed by atoms with van der Waals surface area (Å²) in [6.45, 7) is 4.76. The number of piperidine rings is 1. The summed E-state index contributed by atoms with van der Waals surface area (Å²) in [7, 11) is 3.11. The summed E-state index contributed by atoms with van der Waals surface area (Å²) in [6, 6.07) is 14.7. The Hall–Kier alpha value is -4.09. The van der Waals surface area contributed by atoms with Gasteiger partial charge in [0.2, 0.25) is 5.95 Å². The number of aromatic nitrogens is 3. The quantitative estimate of drug-likeness (QED) is 0.188. The Morgan fingerprint density at radius 2 is 2.02 bits per heavy atom. The average Bonchev–Trinajstić information content (AvgIpc) is 3.33. The molecule has 1 fully saturated rings. The number of para-hydroxylation sites is 1. The fraction of sp³-hybridized carbons (Fsp3) is 0.469. The molecule has 5 N–H and O–H groups in total. The van der Waals surface area contributed by atoms with Crippen LogP contribution in [0.3, 0.4) is 0 Å². The number of hydrogen-bond acceptors (Lipinski definition) is 9. The van der Waals surface area contributed by atoms with Gasteiger partial charge in [0.05, 0.1) is 26.3 Å². The van der Waals surface area contributed by atoms with Gasteiger partial charge < -0.3 is 40.4 Å². The number of nitrogens with zero attached hydrogens (tertiary/aromatic N) is 4. The van der Waals surface area contributed by atoms with Gasteiger partial charge in [-0.05, 0) is 49.4 Å². The number of fused-ring (bicyclic) bond motifs is 3. The standard InChI is InChI=1S/C32H43N7O4/c1-4-8-23(14-16-40)35-30-29-28(36-31(33)37-30)25-10-5-6-11-26(25)39(29)19-22-17-21(12-13-27(22)42-2)18-34-24-9-7-15-38(20-24)32(41)43-3/h5-6,10-13,17,23-24,34,40H,4,7-9,14-16,18-20H2,1-3H3,(H3,33,35,36,37)/t23-,24?/m0/s1. The van der Waals surface area contributed by atoms with E-state index in [1.807, 2.05) is 18.2 Å². The lowest BCUT2D eigenvalue weighted by Gasteiger charge is -2.32. The van der Waals surface area contributed by atoms with Gasteiger partial charge in [-0.3, -0.25) is 0 Å². The predicted molar refractivity (Wildman–Crippen MR) is 169 cm³/mol. The van der Waals surface area contributed by atoms with Gasteiger partial charge in [0, 0.05) is 49.3 Å². The molecule has 0 aliphatic carbocycles. The Kier molecular flexibility index (Phi) is 9.83. The van der Waals surface area contributed by atoms with Crippen LogP contribution in [-0.2, 0) is 17.8 Å². The first-order valence-electron chi connectivity index (χ1n) is 15.1. The molecule has 1 unspecified atom stereocenters. The second-order valence-electron chi connectivity index (χ2n) is 11.2. The SMILES string of the molecule is CCC[C@@H](CCO)Nc1nc(N)nc2c3ccccc3n(Cc3cc(CNC4CCCN(C(=O)OC)C4)ccc3OC)c12. The van der Waals surface area contributed by atoms with Crippen molar-refractivity contribution in [3.05, 3.63) is 53.6 Å².